The number of benzene rings is 3. The lowest BCUT2D eigenvalue weighted by Crippen LogP contribution is -2.37. The molecule has 0 bridgehead atoms. The Hall–Kier alpha value is -3.52. The maximum atomic E-state index is 11.2. The number of anilines is 1. The molecule has 2 aliphatic rings. The summed E-state index contributed by atoms with van der Waals surface area (Å²) in [6.07, 6.45) is 2.60. The summed E-state index contributed by atoms with van der Waals surface area (Å²) in [4.78, 5) is 13.5. The Morgan fingerprint density at radius 3 is 2.38 bits per heavy atom. The van der Waals surface area contributed by atoms with E-state index in [1.54, 1.807) is 18.2 Å². The van der Waals surface area contributed by atoms with E-state index in [1.807, 2.05) is 48.5 Å². The summed E-state index contributed by atoms with van der Waals surface area (Å²) in [5.41, 5.74) is 4.92. The highest BCUT2D eigenvalue weighted by Crippen LogP contribution is 2.46. The predicted molar refractivity (Wildman–Crippen MR) is 154 cm³/mol. The molecule has 3 aromatic carbocycles. The van der Waals surface area contributed by atoms with Gasteiger partial charge in [0.15, 0.2) is 0 Å². The molecular formula is C31H28Cl2N2O5. The number of halogens is 2. The lowest BCUT2D eigenvalue weighted by Gasteiger charge is -2.34. The van der Waals surface area contributed by atoms with Crippen LogP contribution in [0, 0.1) is 0 Å². The van der Waals surface area contributed by atoms with Gasteiger partial charge in [-0.15, -0.1) is 0 Å². The minimum Gasteiger partial charge on any atom is -0.449 e. The van der Waals surface area contributed by atoms with Crippen LogP contribution in [0.1, 0.15) is 42.9 Å². The highest BCUT2D eigenvalue weighted by atomic mass is 35.5. The summed E-state index contributed by atoms with van der Waals surface area (Å²) in [6.45, 7) is 2.00. The maximum absolute atomic E-state index is 11.2. The van der Waals surface area contributed by atoms with Gasteiger partial charge in [0.2, 0.25) is 0 Å². The van der Waals surface area contributed by atoms with E-state index >= 15 is 0 Å². The van der Waals surface area contributed by atoms with Gasteiger partial charge in [0.05, 0.1) is 22.8 Å². The van der Waals surface area contributed by atoms with Gasteiger partial charge in [-0.25, -0.2) is 4.79 Å². The smallest absolute Gasteiger partial charge is 0.449 e. The molecule has 1 aliphatic heterocycles. The molecule has 1 N–H and O–H groups in total. The van der Waals surface area contributed by atoms with Crippen LogP contribution in [0.5, 0.6) is 5.75 Å². The predicted octanol–water partition coefficient (Wildman–Crippen LogP) is 8.44. The van der Waals surface area contributed by atoms with Crippen molar-refractivity contribution in [1.82, 2.24) is 5.16 Å². The number of hydrogen-bond acceptors (Lipinski definition) is 6. The number of carboxylic acid groups (broad SMARTS) is 1. The molecule has 0 amide bonds. The van der Waals surface area contributed by atoms with Gasteiger partial charge in [-0.1, -0.05) is 64.8 Å². The van der Waals surface area contributed by atoms with Crippen LogP contribution in [0.2, 0.25) is 10.0 Å². The van der Waals surface area contributed by atoms with Gasteiger partial charge in [0.25, 0.3) is 0 Å². The third-order valence-electron chi connectivity index (χ3n) is 7.48. The SMILES string of the molecule is O=C(O)Oc1ccc(N2CCC(OCc3c(-c4c(Cl)cccc4Cl)noc3C3CC3)CC2)cc1-c1ccccc1. The largest absolute Gasteiger partial charge is 0.511 e. The second-order valence-corrected chi connectivity index (χ2v) is 11.0. The van der Waals surface area contributed by atoms with Crippen LogP contribution in [0.4, 0.5) is 10.5 Å². The zero-order valence-electron chi connectivity index (χ0n) is 21.7. The first-order valence-corrected chi connectivity index (χ1v) is 14.1. The number of nitrogens with zero attached hydrogens (tertiary/aromatic N) is 2. The van der Waals surface area contributed by atoms with E-state index < -0.39 is 6.16 Å². The Labute approximate surface area is 242 Å². The van der Waals surface area contributed by atoms with Gasteiger partial charge in [-0.3, -0.25) is 0 Å². The second kappa shape index (κ2) is 11.5. The van der Waals surface area contributed by atoms with E-state index in [4.69, 9.17) is 37.2 Å². The molecule has 7 nitrogen and oxygen atoms in total. The summed E-state index contributed by atoms with van der Waals surface area (Å²) in [5, 5.41) is 14.6. The number of ether oxygens (including phenoxy) is 2. The zero-order chi connectivity index (χ0) is 27.6. The van der Waals surface area contributed by atoms with Crippen LogP contribution < -0.4 is 9.64 Å². The fourth-order valence-electron chi connectivity index (χ4n) is 5.27. The number of hydrogen-bond donors (Lipinski definition) is 1. The Morgan fingerprint density at radius 2 is 1.70 bits per heavy atom. The summed E-state index contributed by atoms with van der Waals surface area (Å²) in [7, 11) is 0. The molecule has 0 atom stereocenters. The highest BCUT2D eigenvalue weighted by molar-refractivity contribution is 6.39. The summed E-state index contributed by atoms with van der Waals surface area (Å²) < 4.78 is 17.3. The summed E-state index contributed by atoms with van der Waals surface area (Å²) in [5.74, 6) is 1.56. The maximum Gasteiger partial charge on any atom is 0.511 e. The van der Waals surface area contributed by atoms with Crippen molar-refractivity contribution in [3.63, 3.8) is 0 Å². The van der Waals surface area contributed by atoms with Gasteiger partial charge in [0.1, 0.15) is 17.2 Å². The summed E-state index contributed by atoms with van der Waals surface area (Å²) in [6, 6.07) is 20.7. The first-order chi connectivity index (χ1) is 19.5. The number of piperidine rings is 1. The van der Waals surface area contributed by atoms with Gasteiger partial charge in [0, 0.05) is 41.4 Å². The topological polar surface area (TPSA) is 85.0 Å². The van der Waals surface area contributed by atoms with Gasteiger partial charge in [-0.05, 0) is 61.6 Å². The van der Waals surface area contributed by atoms with Gasteiger partial charge < -0.3 is 24.0 Å². The standard InChI is InChI=1S/C31H28Cl2N2O5/c32-25-7-4-8-26(33)28(25)29-24(30(40-34-29)20-9-10-20)18-38-22-13-15-35(16-14-22)21-11-12-27(39-31(36)37)23(17-21)19-5-2-1-3-6-19/h1-8,11-12,17,20,22H,9-10,13-16,18H2,(H,36,37). The molecule has 206 valence electrons. The molecule has 40 heavy (non-hydrogen) atoms. The lowest BCUT2D eigenvalue weighted by molar-refractivity contribution is 0.0246. The molecule has 1 aliphatic carbocycles. The molecule has 0 radical (unpaired) electrons. The monoisotopic (exact) mass is 578 g/mol. The number of aromatic nitrogens is 1. The van der Waals surface area contributed by atoms with Crippen LogP contribution in [0.3, 0.4) is 0 Å². The molecule has 6 rings (SSSR count). The molecule has 0 unspecified atom stereocenters. The fourth-order valence-corrected chi connectivity index (χ4v) is 5.85. The van der Waals surface area contributed by atoms with Crippen LogP contribution in [-0.4, -0.2) is 35.6 Å². The van der Waals surface area contributed by atoms with Crippen molar-refractivity contribution in [3.8, 4) is 28.1 Å². The minimum atomic E-state index is -1.33. The third-order valence-corrected chi connectivity index (χ3v) is 8.11. The fraction of sp³-hybridized carbons (Fsp3) is 0.290. The van der Waals surface area contributed by atoms with Gasteiger partial charge >= 0.3 is 6.16 Å². The zero-order valence-corrected chi connectivity index (χ0v) is 23.2. The van der Waals surface area contributed by atoms with Gasteiger partial charge in [-0.2, -0.15) is 0 Å². The van der Waals surface area contributed by atoms with Crippen molar-refractivity contribution in [1.29, 1.82) is 0 Å². The van der Waals surface area contributed by atoms with Crippen molar-refractivity contribution in [2.75, 3.05) is 18.0 Å². The van der Waals surface area contributed by atoms with Crippen molar-refractivity contribution >= 4 is 35.0 Å². The van der Waals surface area contributed by atoms with Crippen molar-refractivity contribution in [2.45, 2.75) is 44.3 Å². The van der Waals surface area contributed by atoms with E-state index in [0.717, 1.165) is 66.9 Å². The molecule has 2 heterocycles. The third kappa shape index (κ3) is 5.68. The molecule has 9 heteroatoms. The van der Waals surface area contributed by atoms with Crippen molar-refractivity contribution in [3.05, 3.63) is 88.1 Å². The quantitative estimate of drug-likeness (QED) is 0.166. The molecule has 2 fully saturated rings. The van der Waals surface area contributed by atoms with E-state index in [2.05, 4.69) is 10.1 Å². The lowest BCUT2D eigenvalue weighted by atomic mass is 10.0. The van der Waals surface area contributed by atoms with E-state index in [0.29, 0.717) is 39.6 Å². The molecule has 4 aromatic rings. The average Bonchev–Trinajstić information content (AvgIpc) is 3.72. The Morgan fingerprint density at radius 1 is 0.975 bits per heavy atom. The van der Waals surface area contributed by atoms with E-state index in [1.165, 1.54) is 0 Å². The molecule has 1 saturated carbocycles. The van der Waals surface area contributed by atoms with E-state index in [-0.39, 0.29) is 6.10 Å². The molecular weight excluding hydrogens is 551 g/mol. The summed E-state index contributed by atoms with van der Waals surface area (Å²) >= 11 is 13.0. The average molecular weight is 579 g/mol. The molecule has 1 aromatic heterocycles. The van der Waals surface area contributed by atoms with Crippen molar-refractivity contribution < 1.29 is 23.9 Å². The first-order valence-electron chi connectivity index (χ1n) is 13.4. The van der Waals surface area contributed by atoms with Crippen LogP contribution in [0.15, 0.2) is 71.3 Å². The minimum absolute atomic E-state index is 0.0796. The Bertz CT molecular complexity index is 1490. The normalized spacial score (nSPS) is 15.8. The number of rotatable bonds is 8. The first kappa shape index (κ1) is 26.7. The van der Waals surface area contributed by atoms with Crippen LogP contribution in [0.25, 0.3) is 22.4 Å². The second-order valence-electron chi connectivity index (χ2n) is 10.2. The Balaban J connectivity index is 1.15. The number of carbonyl (C=O) groups is 1. The molecule has 1 saturated heterocycles. The Kier molecular flexibility index (Phi) is 7.69. The van der Waals surface area contributed by atoms with Crippen LogP contribution >= 0.6 is 23.2 Å². The van der Waals surface area contributed by atoms with E-state index in [9.17, 15) is 9.90 Å². The van der Waals surface area contributed by atoms with Crippen LogP contribution in [-0.2, 0) is 11.3 Å². The van der Waals surface area contributed by atoms with Crippen molar-refractivity contribution in [2.24, 2.45) is 0 Å². The molecule has 0 spiro atoms. The highest BCUT2D eigenvalue weighted by Gasteiger charge is 2.34.